The molecule has 3 aromatic rings. The van der Waals surface area contributed by atoms with E-state index >= 15 is 0 Å². The van der Waals surface area contributed by atoms with E-state index in [9.17, 15) is 9.59 Å². The maximum absolute atomic E-state index is 12.9. The molecule has 1 aromatic carbocycles. The number of thiophene rings is 1. The molecule has 0 saturated heterocycles. The molecule has 0 fully saturated rings. The van der Waals surface area contributed by atoms with E-state index in [0.717, 1.165) is 12.0 Å². The van der Waals surface area contributed by atoms with Crippen LogP contribution >= 0.6 is 22.9 Å². The van der Waals surface area contributed by atoms with Crippen LogP contribution in [0.25, 0.3) is 10.2 Å². The van der Waals surface area contributed by atoms with Crippen LogP contribution in [0.4, 0.5) is 11.4 Å². The Bertz CT molecular complexity index is 1160. The van der Waals surface area contributed by atoms with Crippen molar-refractivity contribution in [3.8, 4) is 5.75 Å². The van der Waals surface area contributed by atoms with Gasteiger partial charge < -0.3 is 20.5 Å². The van der Waals surface area contributed by atoms with Gasteiger partial charge in [-0.3, -0.25) is 9.59 Å². The number of methoxy groups -OCH3 is 1. The van der Waals surface area contributed by atoms with Gasteiger partial charge in [-0.15, -0.1) is 11.3 Å². The van der Waals surface area contributed by atoms with Crippen molar-refractivity contribution in [1.29, 1.82) is 0 Å². The highest BCUT2D eigenvalue weighted by molar-refractivity contribution is 7.21. The molecule has 4 rings (SSSR count). The van der Waals surface area contributed by atoms with Gasteiger partial charge in [0, 0.05) is 10.4 Å². The van der Waals surface area contributed by atoms with Crippen LogP contribution in [0.5, 0.6) is 5.75 Å². The number of pyridine rings is 1. The molecule has 2 aromatic heterocycles. The van der Waals surface area contributed by atoms with E-state index in [2.05, 4.69) is 10.3 Å². The van der Waals surface area contributed by atoms with Gasteiger partial charge in [0.15, 0.2) is 0 Å². The van der Waals surface area contributed by atoms with E-state index in [1.807, 2.05) is 6.07 Å². The van der Waals surface area contributed by atoms with E-state index in [1.54, 1.807) is 25.1 Å². The van der Waals surface area contributed by atoms with E-state index in [4.69, 9.17) is 26.8 Å². The number of nitrogens with one attached hydrogen (secondary N) is 1. The summed E-state index contributed by atoms with van der Waals surface area (Å²) in [6, 6.07) is 6.89. The highest BCUT2D eigenvalue weighted by Crippen LogP contribution is 2.40. The second kappa shape index (κ2) is 8.12. The van der Waals surface area contributed by atoms with Gasteiger partial charge in [-0.1, -0.05) is 11.6 Å². The largest absolute Gasteiger partial charge is 0.495 e. The van der Waals surface area contributed by atoms with Crippen LogP contribution in [0, 0.1) is 0 Å². The molecular formula is C21H20ClN3O4S. The van der Waals surface area contributed by atoms with Crippen LogP contribution in [0.1, 0.15) is 40.2 Å². The topological polar surface area (TPSA) is 104 Å². The van der Waals surface area contributed by atoms with E-state index in [-0.39, 0.29) is 17.8 Å². The Hall–Kier alpha value is -2.84. The Labute approximate surface area is 182 Å². The molecule has 1 atom stereocenters. The first-order valence-corrected chi connectivity index (χ1v) is 10.7. The van der Waals surface area contributed by atoms with Gasteiger partial charge in [0.25, 0.3) is 5.91 Å². The van der Waals surface area contributed by atoms with Gasteiger partial charge in [-0.2, -0.15) is 0 Å². The molecule has 0 radical (unpaired) electrons. The minimum atomic E-state index is -0.377. The maximum Gasteiger partial charge on any atom is 0.315 e. The zero-order valence-electron chi connectivity index (χ0n) is 16.5. The predicted octanol–water partition coefficient (Wildman–Crippen LogP) is 4.39. The number of aromatic nitrogens is 1. The number of nitrogen functional groups attached to an aromatic ring is 1. The highest BCUT2D eigenvalue weighted by atomic mass is 35.5. The second-order valence-corrected chi connectivity index (χ2v) is 8.31. The fourth-order valence-corrected chi connectivity index (χ4v) is 4.78. The van der Waals surface area contributed by atoms with Crippen LogP contribution in [0.15, 0.2) is 24.3 Å². The number of rotatable bonds is 5. The summed E-state index contributed by atoms with van der Waals surface area (Å²) in [6.07, 6.45) is 1.39. The lowest BCUT2D eigenvalue weighted by molar-refractivity contribution is -0.145. The summed E-state index contributed by atoms with van der Waals surface area (Å²) in [5.41, 5.74) is 8.78. The van der Waals surface area contributed by atoms with Gasteiger partial charge in [0.05, 0.1) is 36.7 Å². The van der Waals surface area contributed by atoms with Gasteiger partial charge in [0.2, 0.25) is 0 Å². The van der Waals surface area contributed by atoms with Crippen LogP contribution < -0.4 is 15.8 Å². The van der Waals surface area contributed by atoms with Crippen LogP contribution in [0.2, 0.25) is 5.02 Å². The Morgan fingerprint density at radius 1 is 1.37 bits per heavy atom. The molecule has 1 amide bonds. The van der Waals surface area contributed by atoms with Crippen molar-refractivity contribution in [1.82, 2.24) is 4.98 Å². The number of hydrogen-bond acceptors (Lipinski definition) is 7. The number of esters is 1. The summed E-state index contributed by atoms with van der Waals surface area (Å²) in [4.78, 5) is 30.8. The van der Waals surface area contributed by atoms with E-state index < -0.39 is 0 Å². The summed E-state index contributed by atoms with van der Waals surface area (Å²) in [7, 11) is 1.51. The molecule has 156 valence electrons. The Morgan fingerprint density at radius 3 is 2.90 bits per heavy atom. The SMILES string of the molecule is CCOC(=O)[C@@H]1CCc2cc3c(N)c(C(=O)Nc4cc(Cl)ccc4OC)sc3nc21. The van der Waals surface area contributed by atoms with Crippen LogP contribution in [-0.2, 0) is 16.0 Å². The molecular weight excluding hydrogens is 426 g/mol. The first-order valence-electron chi connectivity index (χ1n) is 9.46. The van der Waals surface area contributed by atoms with Crippen molar-refractivity contribution < 1.29 is 19.1 Å². The number of benzene rings is 1. The predicted molar refractivity (Wildman–Crippen MR) is 118 cm³/mol. The number of anilines is 2. The van der Waals surface area contributed by atoms with Gasteiger partial charge in [-0.05, 0) is 49.6 Å². The van der Waals surface area contributed by atoms with Gasteiger partial charge in [-0.25, -0.2) is 4.98 Å². The standard InChI is InChI=1S/C21H20ClN3O4S/c1-3-29-21(27)12-6-4-10-8-13-16(23)18(30-20(13)25-17(10)12)19(26)24-14-9-11(22)5-7-15(14)28-2/h5,7-9,12H,3-4,6,23H2,1-2H3,(H,24,26)/t12-/m1/s1. The summed E-state index contributed by atoms with van der Waals surface area (Å²) in [6.45, 7) is 2.11. The van der Waals surface area contributed by atoms with E-state index in [1.165, 1.54) is 18.4 Å². The zero-order chi connectivity index (χ0) is 21.4. The molecule has 30 heavy (non-hydrogen) atoms. The first-order chi connectivity index (χ1) is 14.4. The summed E-state index contributed by atoms with van der Waals surface area (Å²) < 4.78 is 10.4. The normalized spacial score (nSPS) is 15.1. The van der Waals surface area contributed by atoms with Crippen molar-refractivity contribution in [2.45, 2.75) is 25.7 Å². The minimum absolute atomic E-state index is 0.265. The lowest BCUT2D eigenvalue weighted by Gasteiger charge is -2.10. The fourth-order valence-electron chi connectivity index (χ4n) is 3.63. The lowest BCUT2D eigenvalue weighted by Crippen LogP contribution is -2.14. The number of nitrogens with zero attached hydrogens (tertiary/aromatic N) is 1. The third-order valence-corrected chi connectivity index (χ3v) is 6.40. The zero-order valence-corrected chi connectivity index (χ0v) is 18.0. The Kier molecular flexibility index (Phi) is 5.53. The molecule has 0 saturated carbocycles. The molecule has 7 nitrogen and oxygen atoms in total. The maximum atomic E-state index is 12.9. The average Bonchev–Trinajstić information content (AvgIpc) is 3.27. The van der Waals surface area contributed by atoms with Crippen molar-refractivity contribution in [2.24, 2.45) is 0 Å². The summed E-state index contributed by atoms with van der Waals surface area (Å²) in [5, 5.41) is 3.99. The van der Waals surface area contributed by atoms with Crippen molar-refractivity contribution in [2.75, 3.05) is 24.8 Å². The van der Waals surface area contributed by atoms with Crippen molar-refractivity contribution in [3.63, 3.8) is 0 Å². The Balaban J connectivity index is 1.68. The van der Waals surface area contributed by atoms with E-state index in [0.29, 0.717) is 56.0 Å². The molecule has 0 spiro atoms. The van der Waals surface area contributed by atoms with Crippen molar-refractivity contribution >= 4 is 56.4 Å². The molecule has 3 N–H and O–H groups in total. The quantitative estimate of drug-likeness (QED) is 0.564. The summed E-state index contributed by atoms with van der Waals surface area (Å²) in [5.74, 6) is -0.528. The number of amides is 1. The van der Waals surface area contributed by atoms with Crippen molar-refractivity contribution in [3.05, 3.63) is 45.4 Å². The highest BCUT2D eigenvalue weighted by Gasteiger charge is 2.32. The van der Waals surface area contributed by atoms with Crippen LogP contribution in [-0.4, -0.2) is 30.6 Å². The van der Waals surface area contributed by atoms with Gasteiger partial charge >= 0.3 is 5.97 Å². The fraction of sp³-hybridized carbons (Fsp3) is 0.286. The molecule has 2 heterocycles. The number of nitrogens with two attached hydrogens (primary N) is 1. The molecule has 0 unspecified atom stereocenters. The number of halogens is 1. The summed E-state index contributed by atoms with van der Waals surface area (Å²) >= 11 is 7.23. The molecule has 1 aliphatic rings. The van der Waals surface area contributed by atoms with Crippen LogP contribution in [0.3, 0.4) is 0 Å². The number of hydrogen-bond donors (Lipinski definition) is 2. The molecule has 9 heteroatoms. The molecule has 1 aliphatic carbocycles. The third kappa shape index (κ3) is 3.57. The monoisotopic (exact) mass is 445 g/mol. The molecule has 0 aliphatic heterocycles. The molecule has 0 bridgehead atoms. The minimum Gasteiger partial charge on any atom is -0.495 e. The lowest BCUT2D eigenvalue weighted by atomic mass is 10.1. The number of carbonyl (C=O) groups is 2. The second-order valence-electron chi connectivity index (χ2n) is 6.87. The number of aryl methyl sites for hydroxylation is 1. The third-order valence-electron chi connectivity index (χ3n) is 5.05. The average molecular weight is 446 g/mol. The number of ether oxygens (including phenoxy) is 2. The first kappa shape index (κ1) is 20.4. The number of carbonyl (C=O) groups excluding carboxylic acids is 2. The Morgan fingerprint density at radius 2 is 2.17 bits per heavy atom. The smallest absolute Gasteiger partial charge is 0.315 e. The van der Waals surface area contributed by atoms with Gasteiger partial charge in [0.1, 0.15) is 15.5 Å². The number of fused-ring (bicyclic) bond motifs is 2.